The summed E-state index contributed by atoms with van der Waals surface area (Å²) in [6.45, 7) is 8.58. The fourth-order valence-corrected chi connectivity index (χ4v) is 2.71. The Kier molecular flexibility index (Phi) is 8.79. The van der Waals surface area contributed by atoms with Gasteiger partial charge in [-0.25, -0.2) is 0 Å². The summed E-state index contributed by atoms with van der Waals surface area (Å²) in [6.07, 6.45) is 1.75. The van der Waals surface area contributed by atoms with Gasteiger partial charge in [-0.15, -0.1) is 6.58 Å². The second-order valence-electron chi connectivity index (χ2n) is 5.62. The van der Waals surface area contributed by atoms with Gasteiger partial charge in [0.05, 0.1) is 11.3 Å². The minimum Gasteiger partial charge on any atom is -0.488 e. The normalized spacial score (nSPS) is 9.58. The van der Waals surface area contributed by atoms with Crippen molar-refractivity contribution in [3.63, 3.8) is 0 Å². The maximum atomic E-state index is 11.9. The SMILES string of the molecule is C=CC.CC(=O)c1cc(Br)c(N(C)C(C)=O)cc1OCc1ccccc1. The second kappa shape index (κ2) is 10.6. The van der Waals surface area contributed by atoms with E-state index in [1.165, 1.54) is 18.7 Å². The van der Waals surface area contributed by atoms with Crippen LogP contribution >= 0.6 is 15.9 Å². The smallest absolute Gasteiger partial charge is 0.223 e. The van der Waals surface area contributed by atoms with Gasteiger partial charge in [-0.3, -0.25) is 9.59 Å². The Labute approximate surface area is 163 Å². The molecule has 138 valence electrons. The summed E-state index contributed by atoms with van der Waals surface area (Å²) >= 11 is 3.41. The maximum absolute atomic E-state index is 11.9. The lowest BCUT2D eigenvalue weighted by molar-refractivity contribution is -0.116. The van der Waals surface area contributed by atoms with E-state index in [0.717, 1.165) is 5.56 Å². The van der Waals surface area contributed by atoms with Crippen molar-refractivity contribution in [1.29, 1.82) is 0 Å². The topological polar surface area (TPSA) is 46.6 Å². The monoisotopic (exact) mass is 417 g/mol. The average Bonchev–Trinajstić information content (AvgIpc) is 2.61. The lowest BCUT2D eigenvalue weighted by Crippen LogP contribution is -2.23. The number of halogens is 1. The molecule has 0 fully saturated rings. The third-order valence-corrected chi connectivity index (χ3v) is 4.13. The minimum absolute atomic E-state index is 0.0919. The van der Waals surface area contributed by atoms with Crippen LogP contribution in [0, 0.1) is 0 Å². The van der Waals surface area contributed by atoms with Crippen LogP contribution < -0.4 is 9.64 Å². The van der Waals surface area contributed by atoms with Gasteiger partial charge in [-0.2, -0.15) is 0 Å². The fraction of sp³-hybridized carbons (Fsp3) is 0.238. The quantitative estimate of drug-likeness (QED) is 0.482. The molecule has 5 heteroatoms. The molecule has 0 aromatic heterocycles. The highest BCUT2D eigenvalue weighted by Gasteiger charge is 2.17. The van der Waals surface area contributed by atoms with E-state index in [1.807, 2.05) is 37.3 Å². The van der Waals surface area contributed by atoms with E-state index in [-0.39, 0.29) is 11.7 Å². The second-order valence-corrected chi connectivity index (χ2v) is 6.47. The Morgan fingerprint density at radius 1 is 1.19 bits per heavy atom. The predicted octanol–water partition coefficient (Wildman–Crippen LogP) is 5.41. The standard InChI is InChI=1S/C18H18BrNO3.C3H6/c1-12(21)15-9-16(19)17(20(3)13(2)22)10-18(15)23-11-14-7-5-4-6-8-14;1-3-2/h4-10H,11H2,1-3H3;3H,1H2,2H3. The molecule has 0 N–H and O–H groups in total. The van der Waals surface area contributed by atoms with E-state index < -0.39 is 0 Å². The lowest BCUT2D eigenvalue weighted by atomic mass is 10.1. The summed E-state index contributed by atoms with van der Waals surface area (Å²) in [5.74, 6) is 0.272. The van der Waals surface area contributed by atoms with E-state index in [0.29, 0.717) is 28.1 Å². The first-order chi connectivity index (χ1) is 12.3. The molecule has 0 aliphatic rings. The molecular formula is C21H24BrNO3. The van der Waals surface area contributed by atoms with Crippen molar-refractivity contribution in [1.82, 2.24) is 0 Å². The van der Waals surface area contributed by atoms with Gasteiger partial charge >= 0.3 is 0 Å². The van der Waals surface area contributed by atoms with Gasteiger partial charge in [0.1, 0.15) is 12.4 Å². The van der Waals surface area contributed by atoms with Crippen molar-refractivity contribution in [2.24, 2.45) is 0 Å². The van der Waals surface area contributed by atoms with Crippen LogP contribution in [0.1, 0.15) is 36.7 Å². The summed E-state index contributed by atoms with van der Waals surface area (Å²) in [5, 5.41) is 0. The summed E-state index contributed by atoms with van der Waals surface area (Å²) < 4.78 is 6.50. The average molecular weight is 418 g/mol. The van der Waals surface area contributed by atoms with Crippen LogP contribution in [-0.2, 0) is 11.4 Å². The zero-order chi connectivity index (χ0) is 19.7. The van der Waals surface area contributed by atoms with Crippen LogP contribution in [0.4, 0.5) is 5.69 Å². The van der Waals surface area contributed by atoms with E-state index >= 15 is 0 Å². The molecule has 0 radical (unpaired) electrons. The molecule has 0 saturated heterocycles. The number of carbonyl (C=O) groups is 2. The number of anilines is 1. The van der Waals surface area contributed by atoms with Gasteiger partial charge in [0.15, 0.2) is 5.78 Å². The number of ether oxygens (including phenoxy) is 1. The number of amides is 1. The Balaban J connectivity index is 0.00000105. The zero-order valence-corrected chi connectivity index (χ0v) is 17.2. The van der Waals surface area contributed by atoms with Gasteiger partial charge in [0, 0.05) is 24.5 Å². The van der Waals surface area contributed by atoms with Gasteiger partial charge < -0.3 is 9.64 Å². The van der Waals surface area contributed by atoms with Crippen LogP contribution in [-0.4, -0.2) is 18.7 Å². The number of allylic oxidation sites excluding steroid dienone is 1. The Bertz CT molecular complexity index is 772. The van der Waals surface area contributed by atoms with Crippen molar-refractivity contribution >= 4 is 33.3 Å². The molecule has 2 aromatic rings. The number of Topliss-reactive ketones (excluding diaryl/α,β-unsaturated/α-hetero) is 1. The van der Waals surface area contributed by atoms with Crippen molar-refractivity contribution in [3.05, 3.63) is 70.7 Å². The van der Waals surface area contributed by atoms with Gasteiger partial charge in [-0.1, -0.05) is 36.4 Å². The molecule has 0 aliphatic carbocycles. The number of carbonyl (C=O) groups excluding carboxylic acids is 2. The summed E-state index contributed by atoms with van der Waals surface area (Å²) in [5.41, 5.74) is 2.14. The third-order valence-electron chi connectivity index (χ3n) is 3.50. The highest BCUT2D eigenvalue weighted by atomic mass is 79.9. The zero-order valence-electron chi connectivity index (χ0n) is 15.6. The first kappa shape index (κ1) is 21.6. The molecule has 2 aromatic carbocycles. The van der Waals surface area contributed by atoms with Crippen LogP contribution in [0.3, 0.4) is 0 Å². The molecule has 4 nitrogen and oxygen atoms in total. The lowest BCUT2D eigenvalue weighted by Gasteiger charge is -2.20. The number of benzene rings is 2. The Morgan fingerprint density at radius 3 is 2.27 bits per heavy atom. The first-order valence-electron chi connectivity index (χ1n) is 8.14. The Morgan fingerprint density at radius 2 is 1.77 bits per heavy atom. The molecule has 0 saturated carbocycles. The number of hydrogen-bond donors (Lipinski definition) is 0. The van der Waals surface area contributed by atoms with E-state index in [1.54, 1.807) is 25.3 Å². The number of hydrogen-bond acceptors (Lipinski definition) is 3. The fourth-order valence-electron chi connectivity index (χ4n) is 2.10. The highest BCUT2D eigenvalue weighted by Crippen LogP contribution is 2.34. The molecule has 0 unspecified atom stereocenters. The number of rotatable bonds is 5. The highest BCUT2D eigenvalue weighted by molar-refractivity contribution is 9.10. The number of nitrogens with zero attached hydrogens (tertiary/aromatic N) is 1. The summed E-state index contributed by atoms with van der Waals surface area (Å²) in [4.78, 5) is 25.0. The van der Waals surface area contributed by atoms with Crippen LogP contribution in [0.5, 0.6) is 5.75 Å². The summed E-state index contributed by atoms with van der Waals surface area (Å²) in [7, 11) is 1.68. The van der Waals surface area contributed by atoms with Crippen LogP contribution in [0.2, 0.25) is 0 Å². The van der Waals surface area contributed by atoms with Crippen molar-refractivity contribution in [2.75, 3.05) is 11.9 Å². The summed E-state index contributed by atoms with van der Waals surface area (Å²) in [6, 6.07) is 13.1. The molecule has 0 atom stereocenters. The molecule has 0 spiro atoms. The van der Waals surface area contributed by atoms with Crippen LogP contribution in [0.15, 0.2) is 59.6 Å². The molecule has 0 heterocycles. The Hall–Kier alpha value is -2.40. The predicted molar refractivity (Wildman–Crippen MR) is 110 cm³/mol. The van der Waals surface area contributed by atoms with Crippen molar-refractivity contribution in [2.45, 2.75) is 27.4 Å². The van der Waals surface area contributed by atoms with E-state index in [2.05, 4.69) is 22.5 Å². The van der Waals surface area contributed by atoms with E-state index in [4.69, 9.17) is 4.74 Å². The molecular weight excluding hydrogens is 394 g/mol. The largest absolute Gasteiger partial charge is 0.488 e. The van der Waals surface area contributed by atoms with E-state index in [9.17, 15) is 9.59 Å². The molecule has 0 bridgehead atoms. The third kappa shape index (κ3) is 6.15. The van der Waals surface area contributed by atoms with Gasteiger partial charge in [-0.05, 0) is 41.4 Å². The van der Waals surface area contributed by atoms with Gasteiger partial charge in [0.25, 0.3) is 0 Å². The first-order valence-corrected chi connectivity index (χ1v) is 8.93. The molecule has 2 rings (SSSR count). The maximum Gasteiger partial charge on any atom is 0.223 e. The molecule has 26 heavy (non-hydrogen) atoms. The van der Waals surface area contributed by atoms with Crippen LogP contribution in [0.25, 0.3) is 0 Å². The number of ketones is 1. The molecule has 0 aliphatic heterocycles. The molecule has 1 amide bonds. The van der Waals surface area contributed by atoms with Crippen molar-refractivity contribution < 1.29 is 14.3 Å². The van der Waals surface area contributed by atoms with Crippen molar-refractivity contribution in [3.8, 4) is 5.75 Å². The van der Waals surface area contributed by atoms with Gasteiger partial charge in [0.2, 0.25) is 5.91 Å². The minimum atomic E-state index is -0.102.